The maximum Gasteiger partial charge on any atom is 0.0433 e. The summed E-state index contributed by atoms with van der Waals surface area (Å²) in [6.07, 6.45) is 2.06. The Labute approximate surface area is 63.2 Å². The summed E-state index contributed by atoms with van der Waals surface area (Å²) in [7, 11) is 0. The molecule has 0 aromatic carbocycles. The molecule has 0 bridgehead atoms. The molecule has 0 radical (unpaired) electrons. The third-order valence-corrected chi connectivity index (χ3v) is 2.01. The predicted octanol–water partition coefficient (Wildman–Crippen LogP) is 0.00970. The van der Waals surface area contributed by atoms with Gasteiger partial charge in [0.05, 0.1) is 0 Å². The number of nitrogens with two attached hydrogens (primary N) is 2. The molecular weight excluding hydrogens is 126 g/mol. The topological polar surface area (TPSA) is 64.1 Å². The first-order valence-corrected chi connectivity index (χ1v) is 3.83. The maximum atomic E-state index is 5.44. The monoisotopic (exact) mass is 145 g/mol. The van der Waals surface area contributed by atoms with E-state index in [4.69, 9.17) is 11.5 Å². The van der Waals surface area contributed by atoms with Crippen LogP contribution in [0, 0.1) is 0 Å². The van der Waals surface area contributed by atoms with Gasteiger partial charge in [0.1, 0.15) is 0 Å². The van der Waals surface area contributed by atoms with E-state index in [-0.39, 0.29) is 5.54 Å². The van der Waals surface area contributed by atoms with E-state index >= 15 is 0 Å². The first-order valence-electron chi connectivity index (χ1n) is 3.83. The lowest BCUT2D eigenvalue weighted by molar-refractivity contribution is 0.329. The van der Waals surface area contributed by atoms with Crippen LogP contribution in [-0.4, -0.2) is 18.8 Å². The molecule has 10 heavy (non-hydrogen) atoms. The minimum absolute atomic E-state index is 0.142. The van der Waals surface area contributed by atoms with Crippen molar-refractivity contribution in [3.63, 3.8) is 0 Å². The zero-order chi connectivity index (χ0) is 8.04. The van der Waals surface area contributed by atoms with Gasteiger partial charge in [-0.3, -0.25) is 5.32 Å². The number of nitrogens with one attached hydrogen (secondary N) is 1. The van der Waals surface area contributed by atoms with Gasteiger partial charge in [0.15, 0.2) is 0 Å². The predicted molar refractivity (Wildman–Crippen MR) is 44.6 cm³/mol. The fraction of sp³-hybridized carbons (Fsp3) is 1.00. The Bertz CT molecular complexity index is 76.9. The number of hydrogen-bond acceptors (Lipinski definition) is 3. The average Bonchev–Trinajstić information content (AvgIpc) is 1.89. The lowest BCUT2D eigenvalue weighted by Crippen LogP contribution is -2.46. The highest BCUT2D eigenvalue weighted by Crippen LogP contribution is 2.11. The van der Waals surface area contributed by atoms with E-state index in [0.717, 1.165) is 19.4 Å². The van der Waals surface area contributed by atoms with Crippen molar-refractivity contribution in [1.82, 2.24) is 5.32 Å². The highest BCUT2D eigenvalue weighted by atomic mass is 15.0. The molecule has 0 heterocycles. The first kappa shape index (κ1) is 9.88. The summed E-state index contributed by atoms with van der Waals surface area (Å²) in [6, 6.07) is 0. The Hall–Kier alpha value is -0.120. The molecule has 5 N–H and O–H groups in total. The van der Waals surface area contributed by atoms with Crippen LogP contribution in [0.2, 0.25) is 0 Å². The summed E-state index contributed by atoms with van der Waals surface area (Å²) < 4.78 is 0. The quantitative estimate of drug-likeness (QED) is 0.477. The summed E-state index contributed by atoms with van der Waals surface area (Å²) in [5.74, 6) is 0. The van der Waals surface area contributed by atoms with Crippen molar-refractivity contribution in [3.05, 3.63) is 0 Å². The van der Waals surface area contributed by atoms with Crippen LogP contribution < -0.4 is 16.8 Å². The van der Waals surface area contributed by atoms with Crippen molar-refractivity contribution in [2.75, 3.05) is 13.2 Å². The molecular formula is C7H19N3. The summed E-state index contributed by atoms with van der Waals surface area (Å²) in [6.45, 7) is 5.53. The van der Waals surface area contributed by atoms with Crippen molar-refractivity contribution in [1.29, 1.82) is 0 Å². The molecule has 3 nitrogen and oxygen atoms in total. The molecule has 1 unspecified atom stereocenters. The van der Waals surface area contributed by atoms with Gasteiger partial charge in [0.2, 0.25) is 0 Å². The van der Waals surface area contributed by atoms with Gasteiger partial charge >= 0.3 is 0 Å². The lowest BCUT2D eigenvalue weighted by Gasteiger charge is -2.28. The second-order valence-electron chi connectivity index (χ2n) is 2.83. The van der Waals surface area contributed by atoms with Crippen LogP contribution in [-0.2, 0) is 0 Å². The van der Waals surface area contributed by atoms with Gasteiger partial charge in [0.25, 0.3) is 0 Å². The zero-order valence-electron chi connectivity index (χ0n) is 6.98. The normalized spacial score (nSPS) is 16.8. The van der Waals surface area contributed by atoms with E-state index in [9.17, 15) is 0 Å². The smallest absolute Gasteiger partial charge is 0.0433 e. The van der Waals surface area contributed by atoms with Crippen LogP contribution in [0.4, 0.5) is 0 Å². The SMILES string of the molecule is CCC(C)(CCN)NCN. The third kappa shape index (κ3) is 3.15. The van der Waals surface area contributed by atoms with Crippen LogP contribution in [0.3, 0.4) is 0 Å². The van der Waals surface area contributed by atoms with Crippen LogP contribution in [0.5, 0.6) is 0 Å². The summed E-state index contributed by atoms with van der Waals surface area (Å²) in [4.78, 5) is 0. The van der Waals surface area contributed by atoms with E-state index in [1.54, 1.807) is 0 Å². The van der Waals surface area contributed by atoms with Gasteiger partial charge in [-0.25, -0.2) is 0 Å². The molecule has 0 aromatic heterocycles. The van der Waals surface area contributed by atoms with E-state index in [2.05, 4.69) is 19.2 Å². The highest BCUT2D eigenvalue weighted by molar-refractivity contribution is 4.80. The Kier molecular flexibility index (Phi) is 4.60. The zero-order valence-corrected chi connectivity index (χ0v) is 6.98. The standard InChI is InChI=1S/C7H19N3/c1-3-7(2,4-5-8)10-6-9/h10H,3-6,8-9H2,1-2H3. The molecule has 3 heteroatoms. The molecule has 0 rings (SSSR count). The van der Waals surface area contributed by atoms with Crippen molar-refractivity contribution in [3.8, 4) is 0 Å². The summed E-state index contributed by atoms with van der Waals surface area (Å²) in [5, 5.41) is 3.21. The Morgan fingerprint density at radius 3 is 2.30 bits per heavy atom. The summed E-state index contributed by atoms with van der Waals surface area (Å²) in [5.41, 5.74) is 11.0. The van der Waals surface area contributed by atoms with Crippen molar-refractivity contribution in [2.45, 2.75) is 32.2 Å². The van der Waals surface area contributed by atoms with Crippen LogP contribution in [0.25, 0.3) is 0 Å². The second kappa shape index (κ2) is 4.66. The molecule has 0 aliphatic heterocycles. The van der Waals surface area contributed by atoms with Gasteiger partial charge in [-0.1, -0.05) is 6.92 Å². The van der Waals surface area contributed by atoms with Gasteiger partial charge in [-0.2, -0.15) is 0 Å². The molecule has 0 aliphatic carbocycles. The maximum absolute atomic E-state index is 5.44. The Balaban J connectivity index is 3.69. The fourth-order valence-electron chi connectivity index (χ4n) is 0.955. The Morgan fingerprint density at radius 1 is 1.40 bits per heavy atom. The number of hydrogen-bond donors (Lipinski definition) is 3. The molecule has 0 spiro atoms. The van der Waals surface area contributed by atoms with Crippen molar-refractivity contribution in [2.24, 2.45) is 11.5 Å². The molecule has 0 fully saturated rings. The third-order valence-electron chi connectivity index (χ3n) is 2.01. The van der Waals surface area contributed by atoms with E-state index < -0.39 is 0 Å². The minimum atomic E-state index is 0.142. The van der Waals surface area contributed by atoms with Crippen molar-refractivity contribution < 1.29 is 0 Å². The minimum Gasteiger partial charge on any atom is -0.330 e. The van der Waals surface area contributed by atoms with Gasteiger partial charge in [-0.15, -0.1) is 0 Å². The van der Waals surface area contributed by atoms with Crippen LogP contribution in [0.1, 0.15) is 26.7 Å². The second-order valence-corrected chi connectivity index (χ2v) is 2.83. The van der Waals surface area contributed by atoms with Gasteiger partial charge in [0, 0.05) is 12.2 Å². The highest BCUT2D eigenvalue weighted by Gasteiger charge is 2.18. The van der Waals surface area contributed by atoms with Crippen molar-refractivity contribution >= 4 is 0 Å². The van der Waals surface area contributed by atoms with E-state index in [0.29, 0.717) is 6.67 Å². The molecule has 0 saturated heterocycles. The van der Waals surface area contributed by atoms with Crippen LogP contribution >= 0.6 is 0 Å². The molecule has 0 aliphatic rings. The molecule has 0 aromatic rings. The lowest BCUT2D eigenvalue weighted by atomic mass is 9.95. The average molecular weight is 145 g/mol. The molecule has 1 atom stereocenters. The molecule has 62 valence electrons. The molecule has 0 amide bonds. The first-order chi connectivity index (χ1) is 4.68. The van der Waals surface area contributed by atoms with E-state index in [1.807, 2.05) is 0 Å². The number of rotatable bonds is 5. The summed E-state index contributed by atoms with van der Waals surface area (Å²) >= 11 is 0. The molecule has 0 saturated carbocycles. The van der Waals surface area contributed by atoms with Gasteiger partial charge in [-0.05, 0) is 26.3 Å². The fourth-order valence-corrected chi connectivity index (χ4v) is 0.955. The largest absolute Gasteiger partial charge is 0.330 e. The Morgan fingerprint density at radius 2 is 2.00 bits per heavy atom. The van der Waals surface area contributed by atoms with E-state index in [1.165, 1.54) is 0 Å². The van der Waals surface area contributed by atoms with Gasteiger partial charge < -0.3 is 11.5 Å². The van der Waals surface area contributed by atoms with Crippen LogP contribution in [0.15, 0.2) is 0 Å².